The van der Waals surface area contributed by atoms with Gasteiger partial charge in [0.2, 0.25) is 0 Å². The Morgan fingerprint density at radius 2 is 1.83 bits per heavy atom. The van der Waals surface area contributed by atoms with Crippen molar-refractivity contribution < 1.29 is 4.79 Å². The minimum Gasteiger partial charge on any atom is -0.372 e. The number of aromatic nitrogens is 1. The van der Waals surface area contributed by atoms with Crippen molar-refractivity contribution in [3.63, 3.8) is 0 Å². The third-order valence-electron chi connectivity index (χ3n) is 4.14. The van der Waals surface area contributed by atoms with Crippen LogP contribution in [0, 0.1) is 0 Å². The molecule has 2 aromatic rings. The highest BCUT2D eigenvalue weighted by Crippen LogP contribution is 2.22. The lowest BCUT2D eigenvalue weighted by Gasteiger charge is -2.28. The maximum atomic E-state index is 12.4. The SMILES string of the molecule is CNc1ncccc1C(=O)Nc1ccc(N2CCCCC2)cc1. The molecule has 0 saturated carbocycles. The molecule has 1 saturated heterocycles. The second kappa shape index (κ2) is 7.13. The molecular formula is C18H22N4O. The summed E-state index contributed by atoms with van der Waals surface area (Å²) in [5, 5.41) is 5.86. The Bertz CT molecular complexity index is 663. The fourth-order valence-electron chi connectivity index (χ4n) is 2.89. The molecule has 5 nitrogen and oxygen atoms in total. The van der Waals surface area contributed by atoms with Gasteiger partial charge in [-0.3, -0.25) is 4.79 Å². The number of amides is 1. The second-order valence-electron chi connectivity index (χ2n) is 5.70. The molecule has 0 unspecified atom stereocenters. The van der Waals surface area contributed by atoms with Crippen molar-refractivity contribution >= 4 is 23.1 Å². The Morgan fingerprint density at radius 1 is 1.09 bits per heavy atom. The van der Waals surface area contributed by atoms with E-state index in [9.17, 15) is 4.79 Å². The zero-order chi connectivity index (χ0) is 16.1. The van der Waals surface area contributed by atoms with Crippen LogP contribution in [0.3, 0.4) is 0 Å². The number of piperidine rings is 1. The van der Waals surface area contributed by atoms with E-state index in [0.29, 0.717) is 11.4 Å². The van der Waals surface area contributed by atoms with Gasteiger partial charge in [-0.25, -0.2) is 4.98 Å². The van der Waals surface area contributed by atoms with E-state index in [4.69, 9.17) is 0 Å². The Labute approximate surface area is 136 Å². The normalized spacial score (nSPS) is 14.4. The molecule has 0 spiro atoms. The van der Waals surface area contributed by atoms with Gasteiger partial charge >= 0.3 is 0 Å². The van der Waals surface area contributed by atoms with Crippen LogP contribution in [0.4, 0.5) is 17.2 Å². The minimum atomic E-state index is -0.159. The van der Waals surface area contributed by atoms with Crippen LogP contribution in [-0.4, -0.2) is 31.0 Å². The summed E-state index contributed by atoms with van der Waals surface area (Å²) >= 11 is 0. The van der Waals surface area contributed by atoms with Crippen LogP contribution < -0.4 is 15.5 Å². The summed E-state index contributed by atoms with van der Waals surface area (Å²) in [6.45, 7) is 2.24. The maximum Gasteiger partial charge on any atom is 0.259 e. The van der Waals surface area contributed by atoms with Crippen LogP contribution in [0.2, 0.25) is 0 Å². The number of benzene rings is 1. The van der Waals surface area contributed by atoms with E-state index >= 15 is 0 Å². The fourth-order valence-corrected chi connectivity index (χ4v) is 2.89. The summed E-state index contributed by atoms with van der Waals surface area (Å²) in [7, 11) is 1.76. The molecule has 1 aliphatic rings. The van der Waals surface area contributed by atoms with Crippen molar-refractivity contribution in [1.29, 1.82) is 0 Å². The highest BCUT2D eigenvalue weighted by atomic mass is 16.1. The summed E-state index contributed by atoms with van der Waals surface area (Å²) in [4.78, 5) is 18.9. The average molecular weight is 310 g/mol. The Hall–Kier alpha value is -2.56. The van der Waals surface area contributed by atoms with Gasteiger partial charge in [0.05, 0.1) is 5.56 Å². The molecule has 1 aromatic heterocycles. The first-order chi connectivity index (χ1) is 11.3. The fraction of sp³-hybridized carbons (Fsp3) is 0.333. The number of rotatable bonds is 4. The molecule has 1 amide bonds. The number of hydrogen-bond donors (Lipinski definition) is 2. The number of nitrogens with one attached hydrogen (secondary N) is 2. The summed E-state index contributed by atoms with van der Waals surface area (Å²) < 4.78 is 0. The van der Waals surface area contributed by atoms with Gasteiger partial charge in [-0.05, 0) is 55.7 Å². The Morgan fingerprint density at radius 3 is 2.52 bits per heavy atom. The van der Waals surface area contributed by atoms with Gasteiger partial charge in [0.25, 0.3) is 5.91 Å². The molecule has 2 N–H and O–H groups in total. The molecule has 2 heterocycles. The van der Waals surface area contributed by atoms with Gasteiger partial charge in [0, 0.05) is 37.7 Å². The molecule has 0 radical (unpaired) electrons. The van der Waals surface area contributed by atoms with Crippen molar-refractivity contribution in [3.8, 4) is 0 Å². The van der Waals surface area contributed by atoms with E-state index in [1.54, 1.807) is 25.4 Å². The molecule has 0 aliphatic carbocycles. The predicted octanol–water partition coefficient (Wildman–Crippen LogP) is 3.37. The predicted molar refractivity (Wildman–Crippen MR) is 94.2 cm³/mol. The van der Waals surface area contributed by atoms with Gasteiger partial charge in [0.1, 0.15) is 5.82 Å². The summed E-state index contributed by atoms with van der Waals surface area (Å²) in [6.07, 6.45) is 5.50. The number of carbonyl (C=O) groups is 1. The quantitative estimate of drug-likeness (QED) is 0.909. The van der Waals surface area contributed by atoms with E-state index in [-0.39, 0.29) is 5.91 Å². The maximum absolute atomic E-state index is 12.4. The van der Waals surface area contributed by atoms with Crippen LogP contribution in [0.1, 0.15) is 29.6 Å². The van der Waals surface area contributed by atoms with Crippen molar-refractivity contribution in [1.82, 2.24) is 4.98 Å². The highest BCUT2D eigenvalue weighted by Gasteiger charge is 2.13. The minimum absolute atomic E-state index is 0.159. The third-order valence-corrected chi connectivity index (χ3v) is 4.14. The van der Waals surface area contributed by atoms with Crippen molar-refractivity contribution in [2.45, 2.75) is 19.3 Å². The molecule has 0 bridgehead atoms. The van der Waals surface area contributed by atoms with E-state index in [2.05, 4.69) is 32.7 Å². The monoisotopic (exact) mass is 310 g/mol. The van der Waals surface area contributed by atoms with Crippen molar-refractivity contribution in [2.24, 2.45) is 0 Å². The first-order valence-corrected chi connectivity index (χ1v) is 8.07. The number of pyridine rings is 1. The van der Waals surface area contributed by atoms with Gasteiger partial charge in [-0.1, -0.05) is 0 Å². The van der Waals surface area contributed by atoms with E-state index < -0.39 is 0 Å². The largest absolute Gasteiger partial charge is 0.372 e. The zero-order valence-electron chi connectivity index (χ0n) is 13.4. The molecule has 5 heteroatoms. The first-order valence-electron chi connectivity index (χ1n) is 8.07. The lowest BCUT2D eigenvalue weighted by Crippen LogP contribution is -2.29. The zero-order valence-corrected chi connectivity index (χ0v) is 13.4. The number of hydrogen-bond acceptors (Lipinski definition) is 4. The smallest absolute Gasteiger partial charge is 0.259 e. The average Bonchev–Trinajstić information content (AvgIpc) is 2.63. The molecule has 23 heavy (non-hydrogen) atoms. The van der Waals surface area contributed by atoms with E-state index in [1.807, 2.05) is 12.1 Å². The summed E-state index contributed by atoms with van der Waals surface area (Å²) in [6, 6.07) is 11.6. The van der Waals surface area contributed by atoms with E-state index in [0.717, 1.165) is 18.8 Å². The van der Waals surface area contributed by atoms with Crippen LogP contribution in [-0.2, 0) is 0 Å². The molecule has 3 rings (SSSR count). The third kappa shape index (κ3) is 3.62. The first kappa shape index (κ1) is 15.3. The second-order valence-corrected chi connectivity index (χ2v) is 5.70. The molecule has 1 fully saturated rings. The lowest BCUT2D eigenvalue weighted by molar-refractivity contribution is 0.102. The van der Waals surface area contributed by atoms with E-state index in [1.165, 1.54) is 24.9 Å². The Kier molecular flexibility index (Phi) is 4.76. The Balaban J connectivity index is 1.69. The number of nitrogens with zero attached hydrogens (tertiary/aromatic N) is 2. The van der Waals surface area contributed by atoms with Crippen LogP contribution >= 0.6 is 0 Å². The van der Waals surface area contributed by atoms with Crippen molar-refractivity contribution in [2.75, 3.05) is 35.7 Å². The molecule has 120 valence electrons. The van der Waals surface area contributed by atoms with Gasteiger partial charge in [-0.2, -0.15) is 0 Å². The van der Waals surface area contributed by atoms with Crippen LogP contribution in [0.5, 0.6) is 0 Å². The highest BCUT2D eigenvalue weighted by molar-refractivity contribution is 6.07. The van der Waals surface area contributed by atoms with Gasteiger partial charge in [0.15, 0.2) is 0 Å². The van der Waals surface area contributed by atoms with Gasteiger partial charge in [-0.15, -0.1) is 0 Å². The number of carbonyl (C=O) groups excluding carboxylic acids is 1. The topological polar surface area (TPSA) is 57.3 Å². The lowest BCUT2D eigenvalue weighted by atomic mass is 10.1. The molecule has 0 atom stereocenters. The summed E-state index contributed by atoms with van der Waals surface area (Å²) in [5.74, 6) is 0.420. The molecule has 1 aromatic carbocycles. The summed E-state index contributed by atoms with van der Waals surface area (Å²) in [5.41, 5.74) is 2.55. The van der Waals surface area contributed by atoms with Crippen LogP contribution in [0.25, 0.3) is 0 Å². The molecule has 1 aliphatic heterocycles. The van der Waals surface area contributed by atoms with Gasteiger partial charge < -0.3 is 15.5 Å². The van der Waals surface area contributed by atoms with Crippen LogP contribution in [0.15, 0.2) is 42.6 Å². The molecular weight excluding hydrogens is 288 g/mol. The standard InChI is InChI=1S/C18H22N4O/c1-19-17-16(6-5-11-20-17)18(23)21-14-7-9-15(10-8-14)22-12-3-2-4-13-22/h5-11H,2-4,12-13H2,1H3,(H,19,20)(H,21,23). The van der Waals surface area contributed by atoms with Crippen molar-refractivity contribution in [3.05, 3.63) is 48.2 Å². The number of anilines is 3.